The number of rotatable bonds is 8. The number of fused-ring (bicyclic) bond motifs is 1. The van der Waals surface area contributed by atoms with Crippen LogP contribution in [-0.4, -0.2) is 45.9 Å². The Morgan fingerprint density at radius 3 is 2.53 bits per heavy atom. The molecule has 1 saturated carbocycles. The largest absolute Gasteiger partial charge is 0.495 e. The highest BCUT2D eigenvalue weighted by Gasteiger charge is 2.30. The maximum atomic E-state index is 13.5. The summed E-state index contributed by atoms with van der Waals surface area (Å²) in [5.74, 6) is 6.07. The van der Waals surface area contributed by atoms with E-state index in [1.807, 2.05) is 6.07 Å². The molecule has 7 nitrogen and oxygen atoms in total. The summed E-state index contributed by atoms with van der Waals surface area (Å²) in [6, 6.07) is 11.7. The second-order valence-electron chi connectivity index (χ2n) is 9.17. The summed E-state index contributed by atoms with van der Waals surface area (Å²) in [5, 5.41) is 7.28. The average Bonchev–Trinajstić information content (AvgIpc) is 3.23. The first-order valence-electron chi connectivity index (χ1n) is 12.4. The lowest BCUT2D eigenvalue weighted by Gasteiger charge is -2.24. The van der Waals surface area contributed by atoms with Gasteiger partial charge in [0.05, 0.1) is 35.4 Å². The minimum absolute atomic E-state index is 0.0443. The topological polar surface area (TPSA) is 84.4 Å². The highest BCUT2D eigenvalue weighted by Crippen LogP contribution is 2.32. The average molecular weight is 549 g/mol. The van der Waals surface area contributed by atoms with Crippen molar-refractivity contribution in [2.75, 3.05) is 31.3 Å². The molecule has 0 aliphatic heterocycles. The van der Waals surface area contributed by atoms with Gasteiger partial charge in [-0.1, -0.05) is 31.2 Å². The third kappa shape index (κ3) is 6.55. The maximum absolute atomic E-state index is 13.5. The van der Waals surface area contributed by atoms with Gasteiger partial charge in [0.2, 0.25) is 10.0 Å². The van der Waals surface area contributed by atoms with Gasteiger partial charge in [0, 0.05) is 23.2 Å². The van der Waals surface area contributed by atoms with Crippen molar-refractivity contribution >= 4 is 32.3 Å². The van der Waals surface area contributed by atoms with E-state index in [1.54, 1.807) is 24.3 Å². The van der Waals surface area contributed by atoms with Crippen molar-refractivity contribution < 1.29 is 26.3 Å². The zero-order valence-corrected chi connectivity index (χ0v) is 22.1. The van der Waals surface area contributed by atoms with Crippen LogP contribution in [0.4, 0.5) is 24.5 Å². The molecule has 2 aromatic carbocycles. The van der Waals surface area contributed by atoms with Gasteiger partial charge in [-0.15, -0.1) is 0 Å². The van der Waals surface area contributed by atoms with Crippen molar-refractivity contribution in [3.63, 3.8) is 0 Å². The molecule has 38 heavy (non-hydrogen) atoms. The van der Waals surface area contributed by atoms with Crippen molar-refractivity contribution in [2.45, 2.75) is 55.8 Å². The van der Waals surface area contributed by atoms with E-state index >= 15 is 0 Å². The van der Waals surface area contributed by atoms with E-state index in [0.29, 0.717) is 28.4 Å². The molecule has 11 heteroatoms. The molecule has 1 aromatic heterocycles. The summed E-state index contributed by atoms with van der Waals surface area (Å²) in [5.41, 5.74) is 2.06. The van der Waals surface area contributed by atoms with E-state index in [4.69, 9.17) is 4.74 Å². The zero-order chi connectivity index (χ0) is 27.3. The third-order valence-corrected chi connectivity index (χ3v) is 8.00. The summed E-state index contributed by atoms with van der Waals surface area (Å²) < 4.78 is 73.3. The molecule has 0 amide bonds. The number of anilines is 2. The molecular weight excluding hydrogens is 517 g/mol. The first kappa shape index (κ1) is 27.7. The summed E-state index contributed by atoms with van der Waals surface area (Å²) in [6.07, 6.45) is 1.18. The molecule has 0 unspecified atom stereocenters. The van der Waals surface area contributed by atoms with Crippen molar-refractivity contribution in [1.29, 1.82) is 0 Å². The van der Waals surface area contributed by atoms with E-state index in [0.717, 1.165) is 31.4 Å². The highest BCUT2D eigenvalue weighted by molar-refractivity contribution is 7.89. The minimum Gasteiger partial charge on any atom is -0.495 e. The summed E-state index contributed by atoms with van der Waals surface area (Å²) >= 11 is 0. The van der Waals surface area contributed by atoms with Gasteiger partial charge in [-0.3, -0.25) is 0 Å². The molecule has 0 atom stereocenters. The Morgan fingerprint density at radius 2 is 1.84 bits per heavy atom. The van der Waals surface area contributed by atoms with Crippen molar-refractivity contribution in [2.24, 2.45) is 0 Å². The van der Waals surface area contributed by atoms with E-state index < -0.39 is 22.7 Å². The number of sulfonamides is 1. The fraction of sp³-hybridized carbons (Fsp3) is 0.407. The molecule has 3 aromatic rings. The molecular formula is C27H31F3N4O3S. The molecule has 1 heterocycles. The number of nitrogens with one attached hydrogen (secondary N) is 3. The molecule has 4 rings (SSSR count). The van der Waals surface area contributed by atoms with Crippen LogP contribution in [0.25, 0.3) is 10.9 Å². The Labute approximate surface area is 220 Å². The highest BCUT2D eigenvalue weighted by atomic mass is 32.2. The lowest BCUT2D eigenvalue weighted by Crippen LogP contribution is -2.22. The van der Waals surface area contributed by atoms with Crippen LogP contribution in [-0.2, 0) is 16.6 Å². The molecule has 1 aliphatic rings. The maximum Gasteiger partial charge on any atom is 0.406 e. The molecule has 0 spiro atoms. The standard InChI is InChI=1S/C27H31F3N4O3S/c1-31-38(35,36)21-13-14-24(26(17-21)37-2)32-15-7-10-20-16-22-23(33-19-8-4-3-5-9-19)11-6-12-25(22)34(20)18-27(28,29)30/h6,11-14,16-17,19,31-33H,3-5,8-9,15,18H2,1-2H3. The van der Waals surface area contributed by atoms with Gasteiger partial charge in [0.25, 0.3) is 0 Å². The third-order valence-electron chi connectivity index (χ3n) is 6.58. The molecule has 0 saturated heterocycles. The van der Waals surface area contributed by atoms with Crippen LogP contribution in [0.1, 0.15) is 37.8 Å². The van der Waals surface area contributed by atoms with Crippen LogP contribution in [0.3, 0.4) is 0 Å². The van der Waals surface area contributed by atoms with Crippen LogP contribution in [0.15, 0.2) is 47.4 Å². The van der Waals surface area contributed by atoms with Gasteiger partial charge in [-0.2, -0.15) is 13.2 Å². The molecule has 204 valence electrons. The lowest BCUT2D eigenvalue weighted by atomic mass is 9.95. The number of ether oxygens (including phenoxy) is 1. The van der Waals surface area contributed by atoms with Crippen LogP contribution < -0.4 is 20.1 Å². The Morgan fingerprint density at radius 1 is 1.08 bits per heavy atom. The van der Waals surface area contributed by atoms with Crippen molar-refractivity contribution in [1.82, 2.24) is 9.29 Å². The number of nitrogens with zero attached hydrogens (tertiary/aromatic N) is 1. The number of aromatic nitrogens is 1. The molecule has 1 aliphatic carbocycles. The first-order valence-corrected chi connectivity index (χ1v) is 13.9. The molecule has 3 N–H and O–H groups in total. The number of alkyl halides is 3. The molecule has 0 radical (unpaired) electrons. The second kappa shape index (κ2) is 11.6. The van der Waals surface area contributed by atoms with E-state index in [-0.39, 0.29) is 17.1 Å². The number of methoxy groups -OCH3 is 1. The smallest absolute Gasteiger partial charge is 0.406 e. The Balaban J connectivity index is 1.59. The van der Waals surface area contributed by atoms with Gasteiger partial charge in [0.1, 0.15) is 12.3 Å². The SMILES string of the molecule is CNS(=O)(=O)c1ccc(NCC#Cc2cc3c(NC4CCCCC4)cccc3n2CC(F)(F)F)c(OC)c1. The Hall–Kier alpha value is -3.36. The van der Waals surface area contributed by atoms with E-state index in [2.05, 4.69) is 27.2 Å². The number of hydrogen-bond donors (Lipinski definition) is 3. The Bertz CT molecular complexity index is 1450. The second-order valence-corrected chi connectivity index (χ2v) is 11.1. The Kier molecular flexibility index (Phi) is 8.43. The fourth-order valence-electron chi connectivity index (χ4n) is 4.71. The van der Waals surface area contributed by atoms with E-state index in [9.17, 15) is 21.6 Å². The van der Waals surface area contributed by atoms with Gasteiger partial charge >= 0.3 is 6.18 Å². The van der Waals surface area contributed by atoms with Gasteiger partial charge in [0.15, 0.2) is 0 Å². The summed E-state index contributed by atoms with van der Waals surface area (Å²) in [4.78, 5) is 0.0443. The van der Waals surface area contributed by atoms with E-state index in [1.165, 1.54) is 37.3 Å². The first-order chi connectivity index (χ1) is 18.1. The molecule has 0 bridgehead atoms. The number of halogens is 3. The van der Waals surface area contributed by atoms with Gasteiger partial charge in [-0.25, -0.2) is 13.1 Å². The lowest BCUT2D eigenvalue weighted by molar-refractivity contribution is -0.140. The zero-order valence-electron chi connectivity index (χ0n) is 21.3. The van der Waals surface area contributed by atoms with Crippen LogP contribution >= 0.6 is 0 Å². The van der Waals surface area contributed by atoms with Crippen LogP contribution in [0, 0.1) is 11.8 Å². The molecule has 1 fully saturated rings. The van der Waals surface area contributed by atoms with Crippen LogP contribution in [0.2, 0.25) is 0 Å². The van der Waals surface area contributed by atoms with Crippen LogP contribution in [0.5, 0.6) is 5.75 Å². The monoisotopic (exact) mass is 548 g/mol. The quantitative estimate of drug-likeness (QED) is 0.332. The predicted octanol–water partition coefficient (Wildman–Crippen LogP) is 5.33. The predicted molar refractivity (Wildman–Crippen MR) is 143 cm³/mol. The minimum atomic E-state index is -4.41. The van der Waals surface area contributed by atoms with Gasteiger partial charge in [-0.05, 0) is 56.1 Å². The fourth-order valence-corrected chi connectivity index (χ4v) is 5.45. The van der Waals surface area contributed by atoms with Gasteiger partial charge < -0.3 is 19.9 Å². The summed E-state index contributed by atoms with van der Waals surface area (Å²) in [7, 11) is -0.911. The summed E-state index contributed by atoms with van der Waals surface area (Å²) in [6.45, 7) is -1.04. The van der Waals surface area contributed by atoms with Crippen molar-refractivity contribution in [3.05, 3.63) is 48.2 Å². The normalized spacial score (nSPS) is 14.7. The number of hydrogen-bond acceptors (Lipinski definition) is 5. The number of benzene rings is 2. The van der Waals surface area contributed by atoms with Crippen molar-refractivity contribution in [3.8, 4) is 17.6 Å².